The van der Waals surface area contributed by atoms with E-state index in [4.69, 9.17) is 16.3 Å². The molecule has 6 nitrogen and oxygen atoms in total. The van der Waals surface area contributed by atoms with Crippen molar-refractivity contribution in [3.8, 4) is 11.5 Å². The number of ether oxygens (including phenoxy) is 1. The lowest BCUT2D eigenvalue weighted by atomic mass is 9.95. The smallest absolute Gasteiger partial charge is 0.300 e. The maximum Gasteiger partial charge on any atom is 0.300 e. The van der Waals surface area contributed by atoms with Gasteiger partial charge in [0.05, 0.1) is 23.2 Å². The molecule has 0 bridgehead atoms. The molecule has 1 aliphatic rings. The second kappa shape index (κ2) is 9.23. The van der Waals surface area contributed by atoms with Gasteiger partial charge in [0.15, 0.2) is 0 Å². The predicted molar refractivity (Wildman–Crippen MR) is 131 cm³/mol. The molecule has 1 fully saturated rings. The number of benzene rings is 3. The van der Waals surface area contributed by atoms with Crippen molar-refractivity contribution in [2.45, 2.75) is 26.8 Å². The van der Waals surface area contributed by atoms with Gasteiger partial charge in [0, 0.05) is 11.3 Å². The molecule has 34 heavy (non-hydrogen) atoms. The maximum absolute atomic E-state index is 13.3. The van der Waals surface area contributed by atoms with Gasteiger partial charge in [-0.15, -0.1) is 0 Å². The average Bonchev–Trinajstić information content (AvgIpc) is 3.08. The van der Waals surface area contributed by atoms with Crippen molar-refractivity contribution < 1.29 is 24.5 Å². The second-order valence-electron chi connectivity index (χ2n) is 8.11. The number of amides is 1. The summed E-state index contributed by atoms with van der Waals surface area (Å²) < 4.78 is 5.45. The summed E-state index contributed by atoms with van der Waals surface area (Å²) in [5.74, 6) is -1.37. The number of aromatic hydroxyl groups is 1. The SMILES string of the molecule is CCOc1ccc(/C(O)=C2\C(=O)C(=O)N(c3ccc(C)c(C)c3)C2c2ccc(O)c(Cl)c2)cc1. The van der Waals surface area contributed by atoms with E-state index in [2.05, 4.69) is 0 Å². The van der Waals surface area contributed by atoms with Crippen LogP contribution < -0.4 is 9.64 Å². The van der Waals surface area contributed by atoms with Crippen molar-refractivity contribution in [1.82, 2.24) is 0 Å². The van der Waals surface area contributed by atoms with E-state index in [0.717, 1.165) is 11.1 Å². The van der Waals surface area contributed by atoms with Crippen molar-refractivity contribution in [3.63, 3.8) is 0 Å². The summed E-state index contributed by atoms with van der Waals surface area (Å²) in [5.41, 5.74) is 3.30. The van der Waals surface area contributed by atoms with E-state index in [0.29, 0.717) is 29.2 Å². The molecule has 0 aromatic heterocycles. The molecule has 3 aromatic carbocycles. The first-order chi connectivity index (χ1) is 16.2. The molecule has 1 amide bonds. The normalized spacial score (nSPS) is 17.3. The number of hydrogen-bond acceptors (Lipinski definition) is 5. The van der Waals surface area contributed by atoms with Crippen LogP contribution in [0.1, 0.15) is 35.2 Å². The Kier molecular flexibility index (Phi) is 6.35. The molecular formula is C27H24ClNO5. The summed E-state index contributed by atoms with van der Waals surface area (Å²) in [6.07, 6.45) is 0. The van der Waals surface area contributed by atoms with Gasteiger partial charge in [0.25, 0.3) is 11.7 Å². The molecule has 1 unspecified atom stereocenters. The lowest BCUT2D eigenvalue weighted by Crippen LogP contribution is -2.29. The molecule has 2 N–H and O–H groups in total. The van der Waals surface area contributed by atoms with E-state index in [1.807, 2.05) is 32.9 Å². The number of aryl methyl sites for hydroxylation is 2. The van der Waals surface area contributed by atoms with Gasteiger partial charge in [0.2, 0.25) is 0 Å². The van der Waals surface area contributed by atoms with Crippen LogP contribution in [0.5, 0.6) is 11.5 Å². The zero-order valence-corrected chi connectivity index (χ0v) is 19.8. The quantitative estimate of drug-likeness (QED) is 0.280. The Balaban J connectivity index is 1.92. The second-order valence-corrected chi connectivity index (χ2v) is 8.51. The standard InChI is InChI=1S/C27H24ClNO5/c1-4-34-20-10-6-17(7-11-20)25(31)23-24(18-8-12-22(30)21(28)14-18)29(27(33)26(23)32)19-9-5-15(2)16(3)13-19/h5-14,24,30-31H,4H2,1-3H3/b25-23+. The summed E-state index contributed by atoms with van der Waals surface area (Å²) in [7, 11) is 0. The summed E-state index contributed by atoms with van der Waals surface area (Å²) in [5, 5.41) is 21.2. The van der Waals surface area contributed by atoms with Crippen molar-refractivity contribution in [2.24, 2.45) is 0 Å². The highest BCUT2D eigenvalue weighted by Gasteiger charge is 2.47. The third-order valence-corrected chi connectivity index (χ3v) is 6.24. The predicted octanol–water partition coefficient (Wildman–Crippen LogP) is 5.69. The minimum absolute atomic E-state index is 0.0610. The zero-order chi connectivity index (χ0) is 24.6. The van der Waals surface area contributed by atoms with Gasteiger partial charge in [-0.2, -0.15) is 0 Å². The Morgan fingerprint density at radius 2 is 1.71 bits per heavy atom. The molecule has 1 aliphatic heterocycles. The number of phenols is 1. The summed E-state index contributed by atoms with van der Waals surface area (Å²) in [6.45, 7) is 6.23. The molecule has 1 saturated heterocycles. The fourth-order valence-electron chi connectivity index (χ4n) is 4.01. The number of Topliss-reactive ketones (excluding diaryl/α,β-unsaturated/α-hetero) is 1. The number of rotatable bonds is 5. The number of halogens is 1. The highest BCUT2D eigenvalue weighted by atomic mass is 35.5. The van der Waals surface area contributed by atoms with Crippen LogP contribution >= 0.6 is 11.6 Å². The fraction of sp³-hybridized carbons (Fsp3) is 0.185. The van der Waals surface area contributed by atoms with Crippen molar-refractivity contribution in [3.05, 3.63) is 93.5 Å². The molecule has 1 heterocycles. The Morgan fingerprint density at radius 3 is 2.32 bits per heavy atom. The molecule has 4 rings (SSSR count). The number of anilines is 1. The van der Waals surface area contributed by atoms with Crippen LogP contribution in [0.2, 0.25) is 5.02 Å². The number of phenolic OH excluding ortho intramolecular Hbond substituents is 1. The fourth-order valence-corrected chi connectivity index (χ4v) is 4.20. The topological polar surface area (TPSA) is 87.1 Å². The van der Waals surface area contributed by atoms with Crippen LogP contribution in [0.25, 0.3) is 5.76 Å². The number of aliphatic hydroxyl groups is 1. The van der Waals surface area contributed by atoms with E-state index < -0.39 is 17.7 Å². The number of hydrogen-bond donors (Lipinski definition) is 2. The third-order valence-electron chi connectivity index (χ3n) is 5.94. The van der Waals surface area contributed by atoms with Crippen molar-refractivity contribution >= 4 is 34.7 Å². The Bertz CT molecular complexity index is 1310. The van der Waals surface area contributed by atoms with E-state index in [-0.39, 0.29) is 22.1 Å². The van der Waals surface area contributed by atoms with Gasteiger partial charge in [-0.25, -0.2) is 0 Å². The first kappa shape index (κ1) is 23.4. The van der Waals surface area contributed by atoms with Crippen LogP contribution in [0, 0.1) is 13.8 Å². The van der Waals surface area contributed by atoms with E-state index in [1.54, 1.807) is 36.4 Å². The van der Waals surface area contributed by atoms with Gasteiger partial charge < -0.3 is 14.9 Å². The number of aliphatic hydroxyl groups excluding tert-OH is 1. The lowest BCUT2D eigenvalue weighted by molar-refractivity contribution is -0.132. The molecule has 3 aromatic rings. The van der Waals surface area contributed by atoms with Crippen LogP contribution in [-0.2, 0) is 9.59 Å². The van der Waals surface area contributed by atoms with Crippen molar-refractivity contribution in [1.29, 1.82) is 0 Å². The van der Waals surface area contributed by atoms with Crippen LogP contribution in [0.4, 0.5) is 5.69 Å². The number of carbonyl (C=O) groups is 2. The largest absolute Gasteiger partial charge is 0.507 e. The molecule has 1 atom stereocenters. The zero-order valence-electron chi connectivity index (χ0n) is 19.0. The minimum atomic E-state index is -0.938. The van der Waals surface area contributed by atoms with Crippen LogP contribution in [0.15, 0.2) is 66.2 Å². The van der Waals surface area contributed by atoms with E-state index >= 15 is 0 Å². The van der Waals surface area contributed by atoms with E-state index in [1.165, 1.54) is 17.0 Å². The maximum atomic E-state index is 13.3. The summed E-state index contributed by atoms with van der Waals surface area (Å²) in [4.78, 5) is 27.9. The molecular weight excluding hydrogens is 454 g/mol. The van der Waals surface area contributed by atoms with Crippen molar-refractivity contribution in [2.75, 3.05) is 11.5 Å². The number of nitrogens with zero attached hydrogens (tertiary/aromatic N) is 1. The first-order valence-electron chi connectivity index (χ1n) is 10.8. The minimum Gasteiger partial charge on any atom is -0.507 e. The van der Waals surface area contributed by atoms with Gasteiger partial charge >= 0.3 is 0 Å². The highest BCUT2D eigenvalue weighted by molar-refractivity contribution is 6.51. The number of carbonyl (C=O) groups excluding carboxylic acids is 2. The molecule has 0 saturated carbocycles. The lowest BCUT2D eigenvalue weighted by Gasteiger charge is -2.26. The molecule has 0 aliphatic carbocycles. The molecule has 7 heteroatoms. The van der Waals surface area contributed by atoms with Gasteiger partial charge in [-0.05, 0) is 86.0 Å². The Labute approximate surface area is 202 Å². The first-order valence-corrected chi connectivity index (χ1v) is 11.2. The molecule has 0 spiro atoms. The monoisotopic (exact) mass is 477 g/mol. The summed E-state index contributed by atoms with van der Waals surface area (Å²) in [6, 6.07) is 15.6. The van der Waals surface area contributed by atoms with Crippen LogP contribution in [0.3, 0.4) is 0 Å². The highest BCUT2D eigenvalue weighted by Crippen LogP contribution is 2.43. The molecule has 174 valence electrons. The Hall–Kier alpha value is -3.77. The number of ketones is 1. The van der Waals surface area contributed by atoms with Crippen LogP contribution in [-0.4, -0.2) is 28.5 Å². The summed E-state index contributed by atoms with van der Waals surface area (Å²) >= 11 is 6.17. The third kappa shape index (κ3) is 4.13. The Morgan fingerprint density at radius 1 is 1.00 bits per heavy atom. The van der Waals surface area contributed by atoms with Gasteiger partial charge in [-0.1, -0.05) is 23.7 Å². The average molecular weight is 478 g/mol. The van der Waals surface area contributed by atoms with Gasteiger partial charge in [-0.3, -0.25) is 14.5 Å². The van der Waals surface area contributed by atoms with E-state index in [9.17, 15) is 19.8 Å². The molecule has 0 radical (unpaired) electrons. The van der Waals surface area contributed by atoms with Gasteiger partial charge in [0.1, 0.15) is 17.3 Å².